The molecule has 0 saturated heterocycles. The Morgan fingerprint density at radius 1 is 1.26 bits per heavy atom. The van der Waals surface area contributed by atoms with Gasteiger partial charge in [0.05, 0.1) is 6.04 Å². The smallest absolute Gasteiger partial charge is 0.258 e. The number of amides is 1. The molecule has 1 aromatic carbocycles. The maximum atomic E-state index is 12.0. The number of nitrogens with one attached hydrogen (secondary N) is 1. The third-order valence-corrected chi connectivity index (χ3v) is 4.31. The average molecular weight is 332 g/mol. The molecule has 0 fully saturated rings. The van der Waals surface area contributed by atoms with Crippen molar-refractivity contribution in [1.29, 1.82) is 0 Å². The van der Waals surface area contributed by atoms with E-state index in [4.69, 9.17) is 4.74 Å². The number of likely N-dealkylation sites (N-methyl/N-ethyl adjacent to an activating group) is 1. The zero-order valence-corrected chi connectivity index (χ0v) is 14.9. The second-order valence-electron chi connectivity index (χ2n) is 5.95. The van der Waals surface area contributed by atoms with Crippen molar-refractivity contribution in [2.45, 2.75) is 19.9 Å². The van der Waals surface area contributed by atoms with Crippen molar-refractivity contribution in [3.8, 4) is 5.75 Å². The van der Waals surface area contributed by atoms with Gasteiger partial charge in [-0.1, -0.05) is 6.07 Å². The Morgan fingerprint density at radius 3 is 2.52 bits per heavy atom. The molecule has 2 aromatic rings. The quantitative estimate of drug-likeness (QED) is 0.847. The Bertz CT molecular complexity index is 618. The van der Waals surface area contributed by atoms with E-state index >= 15 is 0 Å². The summed E-state index contributed by atoms with van der Waals surface area (Å²) in [5.41, 5.74) is 3.48. The molecule has 5 heteroatoms. The molecule has 4 nitrogen and oxygen atoms in total. The lowest BCUT2D eigenvalue weighted by Gasteiger charge is -2.24. The van der Waals surface area contributed by atoms with Crippen molar-refractivity contribution < 1.29 is 9.53 Å². The van der Waals surface area contributed by atoms with Gasteiger partial charge in [-0.15, -0.1) is 0 Å². The molecule has 0 spiro atoms. The van der Waals surface area contributed by atoms with E-state index in [9.17, 15) is 4.79 Å². The number of hydrogen-bond acceptors (Lipinski definition) is 4. The van der Waals surface area contributed by atoms with Gasteiger partial charge in [-0.05, 0) is 73.6 Å². The molecular weight excluding hydrogens is 308 g/mol. The number of thiophene rings is 1. The van der Waals surface area contributed by atoms with Crippen LogP contribution < -0.4 is 10.1 Å². The Balaban J connectivity index is 1.84. The Morgan fingerprint density at radius 2 is 1.96 bits per heavy atom. The SMILES string of the molecule is Cc1cc(C)cc(OCC(=O)NCC(c2ccsc2)N(C)C)c1. The molecular formula is C18H24N2O2S. The van der Waals surface area contributed by atoms with E-state index in [2.05, 4.69) is 33.1 Å². The van der Waals surface area contributed by atoms with Gasteiger partial charge in [0.15, 0.2) is 6.61 Å². The van der Waals surface area contributed by atoms with E-state index in [1.807, 2.05) is 40.1 Å². The van der Waals surface area contributed by atoms with Crippen LogP contribution in [0.3, 0.4) is 0 Å². The highest BCUT2D eigenvalue weighted by atomic mass is 32.1. The lowest BCUT2D eigenvalue weighted by Crippen LogP contribution is -2.36. The minimum atomic E-state index is -0.105. The number of aryl methyl sites for hydroxylation is 2. The number of nitrogens with zero attached hydrogens (tertiary/aromatic N) is 1. The summed E-state index contributed by atoms with van der Waals surface area (Å²) in [4.78, 5) is 14.1. The number of benzene rings is 1. The first-order valence-electron chi connectivity index (χ1n) is 7.62. The largest absolute Gasteiger partial charge is 0.484 e. The van der Waals surface area contributed by atoms with Gasteiger partial charge >= 0.3 is 0 Å². The predicted molar refractivity (Wildman–Crippen MR) is 95.2 cm³/mol. The van der Waals surface area contributed by atoms with Crippen LogP contribution in [-0.2, 0) is 4.79 Å². The van der Waals surface area contributed by atoms with Crippen molar-refractivity contribution >= 4 is 17.2 Å². The second-order valence-corrected chi connectivity index (χ2v) is 6.73. The van der Waals surface area contributed by atoms with Gasteiger partial charge in [-0.2, -0.15) is 11.3 Å². The zero-order chi connectivity index (χ0) is 16.8. The first-order chi connectivity index (χ1) is 11.0. The van der Waals surface area contributed by atoms with Crippen molar-refractivity contribution in [3.63, 3.8) is 0 Å². The summed E-state index contributed by atoms with van der Waals surface area (Å²) in [7, 11) is 4.03. The highest BCUT2D eigenvalue weighted by Crippen LogP contribution is 2.20. The van der Waals surface area contributed by atoms with Crippen molar-refractivity contribution in [3.05, 3.63) is 51.7 Å². The number of rotatable bonds is 7. The van der Waals surface area contributed by atoms with Crippen molar-refractivity contribution in [2.24, 2.45) is 0 Å². The van der Waals surface area contributed by atoms with Gasteiger partial charge in [-0.25, -0.2) is 0 Å². The van der Waals surface area contributed by atoms with Crippen LogP contribution in [0.15, 0.2) is 35.0 Å². The highest BCUT2D eigenvalue weighted by molar-refractivity contribution is 7.07. The van der Waals surface area contributed by atoms with E-state index in [0.717, 1.165) is 16.9 Å². The van der Waals surface area contributed by atoms with Crippen LogP contribution in [0.25, 0.3) is 0 Å². The summed E-state index contributed by atoms with van der Waals surface area (Å²) < 4.78 is 5.59. The van der Waals surface area contributed by atoms with Crippen molar-refractivity contribution in [2.75, 3.05) is 27.2 Å². The lowest BCUT2D eigenvalue weighted by atomic mass is 10.1. The fourth-order valence-electron chi connectivity index (χ4n) is 2.49. The van der Waals surface area contributed by atoms with Crippen LogP contribution >= 0.6 is 11.3 Å². The molecule has 0 saturated carbocycles. The Hall–Kier alpha value is -1.85. The maximum absolute atomic E-state index is 12.0. The highest BCUT2D eigenvalue weighted by Gasteiger charge is 2.15. The summed E-state index contributed by atoms with van der Waals surface area (Å²) in [5, 5.41) is 7.12. The zero-order valence-electron chi connectivity index (χ0n) is 14.1. The monoisotopic (exact) mass is 332 g/mol. The molecule has 124 valence electrons. The average Bonchev–Trinajstić information content (AvgIpc) is 2.98. The molecule has 0 bridgehead atoms. The normalized spacial score (nSPS) is 12.2. The van der Waals surface area contributed by atoms with Crippen LogP contribution in [0.4, 0.5) is 0 Å². The molecule has 2 rings (SSSR count). The summed E-state index contributed by atoms with van der Waals surface area (Å²) in [6, 6.07) is 8.22. The molecule has 0 aliphatic rings. The number of ether oxygens (including phenoxy) is 1. The molecule has 1 atom stereocenters. The third kappa shape index (κ3) is 5.37. The predicted octanol–water partition coefficient (Wildman–Crippen LogP) is 3.16. The summed E-state index contributed by atoms with van der Waals surface area (Å²) in [6.45, 7) is 4.64. The van der Waals surface area contributed by atoms with Gasteiger partial charge < -0.3 is 15.0 Å². The minimum Gasteiger partial charge on any atom is -0.484 e. The Labute approximate surface area is 142 Å². The molecule has 0 aliphatic carbocycles. The van der Waals surface area contributed by atoms with Gasteiger partial charge in [-0.3, -0.25) is 4.79 Å². The molecule has 0 aliphatic heterocycles. The molecule has 1 aromatic heterocycles. The fraction of sp³-hybridized carbons (Fsp3) is 0.389. The first-order valence-corrected chi connectivity index (χ1v) is 8.56. The third-order valence-electron chi connectivity index (χ3n) is 3.61. The summed E-state index contributed by atoms with van der Waals surface area (Å²) >= 11 is 1.67. The molecule has 23 heavy (non-hydrogen) atoms. The standard InChI is InChI=1S/C18H24N2O2S/c1-13-7-14(2)9-16(8-13)22-11-18(21)19-10-17(20(3)4)15-5-6-23-12-15/h5-9,12,17H,10-11H2,1-4H3,(H,19,21). The molecule has 1 unspecified atom stereocenters. The van der Waals surface area contributed by atoms with E-state index in [-0.39, 0.29) is 18.6 Å². The molecule has 1 amide bonds. The van der Waals surface area contributed by atoms with Gasteiger partial charge in [0.1, 0.15) is 5.75 Å². The summed E-state index contributed by atoms with van der Waals surface area (Å²) in [5.74, 6) is 0.630. The lowest BCUT2D eigenvalue weighted by molar-refractivity contribution is -0.123. The van der Waals surface area contributed by atoms with Crippen LogP contribution in [-0.4, -0.2) is 38.1 Å². The van der Waals surface area contributed by atoms with Gasteiger partial charge in [0.25, 0.3) is 5.91 Å². The Kier molecular flexibility index (Phi) is 6.19. The second kappa shape index (κ2) is 8.13. The fourth-order valence-corrected chi connectivity index (χ4v) is 3.20. The van der Waals surface area contributed by atoms with Crippen LogP contribution in [0.5, 0.6) is 5.75 Å². The van der Waals surface area contributed by atoms with Crippen LogP contribution in [0.1, 0.15) is 22.7 Å². The number of carbonyl (C=O) groups is 1. The molecule has 1 N–H and O–H groups in total. The molecule has 1 heterocycles. The first kappa shape index (κ1) is 17.5. The van der Waals surface area contributed by atoms with Gasteiger partial charge in [0.2, 0.25) is 0 Å². The minimum absolute atomic E-state index is 0.0344. The maximum Gasteiger partial charge on any atom is 0.258 e. The van der Waals surface area contributed by atoms with E-state index in [1.54, 1.807) is 11.3 Å². The molecule has 0 radical (unpaired) electrons. The topological polar surface area (TPSA) is 41.6 Å². The number of hydrogen-bond donors (Lipinski definition) is 1. The summed E-state index contributed by atoms with van der Waals surface area (Å²) in [6.07, 6.45) is 0. The van der Waals surface area contributed by atoms with E-state index in [1.165, 1.54) is 5.56 Å². The van der Waals surface area contributed by atoms with Crippen molar-refractivity contribution in [1.82, 2.24) is 10.2 Å². The van der Waals surface area contributed by atoms with Crippen LogP contribution in [0, 0.1) is 13.8 Å². The van der Waals surface area contributed by atoms with Gasteiger partial charge in [0, 0.05) is 6.54 Å². The number of carbonyl (C=O) groups excluding carboxylic acids is 1. The van der Waals surface area contributed by atoms with Crippen LogP contribution in [0.2, 0.25) is 0 Å². The van der Waals surface area contributed by atoms with E-state index in [0.29, 0.717) is 6.54 Å². The van der Waals surface area contributed by atoms with E-state index < -0.39 is 0 Å².